The summed E-state index contributed by atoms with van der Waals surface area (Å²) in [6, 6.07) is 12.8. The Morgan fingerprint density at radius 1 is 1.12 bits per heavy atom. The highest BCUT2D eigenvalue weighted by molar-refractivity contribution is 6.06. The van der Waals surface area contributed by atoms with Gasteiger partial charge in [0.25, 0.3) is 11.8 Å². The third kappa shape index (κ3) is 3.62. The van der Waals surface area contributed by atoms with Gasteiger partial charge in [0.15, 0.2) is 0 Å². The molecule has 0 spiro atoms. The van der Waals surface area contributed by atoms with Gasteiger partial charge >= 0.3 is 0 Å². The van der Waals surface area contributed by atoms with Crippen molar-refractivity contribution in [3.63, 3.8) is 0 Å². The predicted molar refractivity (Wildman–Crippen MR) is 90.7 cm³/mol. The van der Waals surface area contributed by atoms with E-state index in [1.165, 1.54) is 17.0 Å². The smallest absolute Gasteiger partial charge is 0.258 e. The molecule has 1 N–H and O–H groups in total. The summed E-state index contributed by atoms with van der Waals surface area (Å²) in [5.74, 6) is -0.725. The van der Waals surface area contributed by atoms with Gasteiger partial charge in [-0.2, -0.15) is 0 Å². The van der Waals surface area contributed by atoms with Gasteiger partial charge in [-0.3, -0.25) is 9.59 Å². The van der Waals surface area contributed by atoms with E-state index in [0.29, 0.717) is 29.4 Å². The minimum Gasteiger partial charge on any atom is -0.349 e. The van der Waals surface area contributed by atoms with Crippen LogP contribution in [-0.4, -0.2) is 24.4 Å². The molecule has 0 atom stereocenters. The summed E-state index contributed by atoms with van der Waals surface area (Å²) in [6.45, 7) is 2.26. The fourth-order valence-electron chi connectivity index (χ4n) is 2.50. The van der Waals surface area contributed by atoms with Crippen LogP contribution in [0.2, 0.25) is 0 Å². The first-order valence-corrected chi connectivity index (χ1v) is 8.07. The topological polar surface area (TPSA) is 49.4 Å². The number of nitrogens with zero attached hydrogens (tertiary/aromatic N) is 1. The lowest BCUT2D eigenvalue weighted by atomic mass is 10.1. The van der Waals surface area contributed by atoms with Gasteiger partial charge in [0.1, 0.15) is 5.82 Å². The van der Waals surface area contributed by atoms with Crippen LogP contribution in [0.25, 0.3) is 0 Å². The number of halogens is 1. The van der Waals surface area contributed by atoms with Gasteiger partial charge in [-0.25, -0.2) is 4.39 Å². The van der Waals surface area contributed by atoms with Crippen molar-refractivity contribution in [3.8, 4) is 0 Å². The zero-order valence-corrected chi connectivity index (χ0v) is 13.5. The molecule has 0 aromatic heterocycles. The van der Waals surface area contributed by atoms with E-state index in [9.17, 15) is 14.0 Å². The molecule has 1 saturated carbocycles. The molecule has 2 aromatic rings. The third-order valence-corrected chi connectivity index (χ3v) is 3.99. The zero-order chi connectivity index (χ0) is 17.1. The van der Waals surface area contributed by atoms with E-state index in [1.54, 1.807) is 36.4 Å². The van der Waals surface area contributed by atoms with Gasteiger partial charge in [0.05, 0.1) is 0 Å². The van der Waals surface area contributed by atoms with Crippen LogP contribution in [0.5, 0.6) is 0 Å². The second-order valence-electron chi connectivity index (χ2n) is 5.85. The van der Waals surface area contributed by atoms with Gasteiger partial charge in [-0.15, -0.1) is 0 Å². The summed E-state index contributed by atoms with van der Waals surface area (Å²) in [4.78, 5) is 26.1. The monoisotopic (exact) mass is 326 g/mol. The average Bonchev–Trinajstić information content (AvgIpc) is 3.39. The largest absolute Gasteiger partial charge is 0.349 e. The Morgan fingerprint density at radius 2 is 1.79 bits per heavy atom. The molecule has 1 fully saturated rings. The van der Waals surface area contributed by atoms with E-state index in [1.807, 2.05) is 6.92 Å². The molecular weight excluding hydrogens is 307 g/mol. The van der Waals surface area contributed by atoms with E-state index in [2.05, 4.69) is 5.32 Å². The van der Waals surface area contributed by atoms with E-state index < -0.39 is 0 Å². The van der Waals surface area contributed by atoms with Gasteiger partial charge in [0.2, 0.25) is 0 Å². The maximum atomic E-state index is 13.4. The summed E-state index contributed by atoms with van der Waals surface area (Å²) in [5, 5.41) is 2.91. The molecule has 0 saturated heterocycles. The molecule has 0 aliphatic heterocycles. The first kappa shape index (κ1) is 16.2. The van der Waals surface area contributed by atoms with Crippen LogP contribution in [-0.2, 0) is 0 Å². The first-order valence-electron chi connectivity index (χ1n) is 8.07. The van der Waals surface area contributed by atoms with Crippen molar-refractivity contribution in [2.45, 2.75) is 25.8 Å². The third-order valence-electron chi connectivity index (χ3n) is 3.99. The van der Waals surface area contributed by atoms with Gasteiger partial charge in [0, 0.05) is 29.4 Å². The average molecular weight is 326 g/mol. The van der Waals surface area contributed by atoms with E-state index in [4.69, 9.17) is 0 Å². The Hall–Kier alpha value is -2.69. The lowest BCUT2D eigenvalue weighted by molar-refractivity contribution is 0.0947. The van der Waals surface area contributed by atoms with Crippen molar-refractivity contribution >= 4 is 17.5 Å². The summed E-state index contributed by atoms with van der Waals surface area (Å²) in [5.41, 5.74) is 1.51. The van der Waals surface area contributed by atoms with Crippen molar-refractivity contribution in [2.24, 2.45) is 0 Å². The Kier molecular flexibility index (Phi) is 4.60. The highest BCUT2D eigenvalue weighted by atomic mass is 19.1. The van der Waals surface area contributed by atoms with E-state index in [-0.39, 0.29) is 17.6 Å². The van der Waals surface area contributed by atoms with Crippen molar-refractivity contribution in [3.05, 3.63) is 65.5 Å². The fourth-order valence-corrected chi connectivity index (χ4v) is 2.50. The molecule has 4 nitrogen and oxygen atoms in total. The SMILES string of the molecule is CCN(C(=O)c1ccc(C(=O)NC2CC2)cc1)c1cccc(F)c1. The molecule has 0 radical (unpaired) electrons. The Morgan fingerprint density at radius 3 is 2.38 bits per heavy atom. The van der Waals surface area contributed by atoms with Crippen LogP contribution in [0.1, 0.15) is 40.5 Å². The number of anilines is 1. The summed E-state index contributed by atoms with van der Waals surface area (Å²) in [6.07, 6.45) is 2.06. The van der Waals surface area contributed by atoms with E-state index >= 15 is 0 Å². The number of hydrogen-bond acceptors (Lipinski definition) is 2. The molecule has 1 aliphatic carbocycles. The number of benzene rings is 2. The number of hydrogen-bond donors (Lipinski definition) is 1. The molecule has 24 heavy (non-hydrogen) atoms. The number of rotatable bonds is 5. The summed E-state index contributed by atoms with van der Waals surface area (Å²) in [7, 11) is 0. The van der Waals surface area contributed by atoms with Crippen molar-refractivity contribution < 1.29 is 14.0 Å². The number of amides is 2. The standard InChI is InChI=1S/C19H19FN2O2/c1-2-22(17-5-3-4-15(20)12-17)19(24)14-8-6-13(7-9-14)18(23)21-16-10-11-16/h3-9,12,16H,2,10-11H2,1H3,(H,21,23). The van der Waals surface area contributed by atoms with Crippen LogP contribution in [0.3, 0.4) is 0 Å². The molecule has 0 unspecified atom stereocenters. The predicted octanol–water partition coefficient (Wildman–Crippen LogP) is 3.38. The molecule has 1 aliphatic rings. The van der Waals surface area contributed by atoms with Crippen LogP contribution >= 0.6 is 0 Å². The van der Waals surface area contributed by atoms with Crippen LogP contribution < -0.4 is 10.2 Å². The lowest BCUT2D eigenvalue weighted by Crippen LogP contribution is -2.31. The maximum absolute atomic E-state index is 13.4. The molecule has 5 heteroatoms. The first-order chi connectivity index (χ1) is 11.6. The Labute approximate surface area is 140 Å². The van der Waals surface area contributed by atoms with Gasteiger partial charge < -0.3 is 10.2 Å². The normalized spacial score (nSPS) is 13.4. The van der Waals surface area contributed by atoms with Crippen molar-refractivity contribution in [1.82, 2.24) is 5.32 Å². The molecule has 3 rings (SSSR count). The fraction of sp³-hybridized carbons (Fsp3) is 0.263. The molecular formula is C19H19FN2O2. The molecule has 0 heterocycles. The minimum absolute atomic E-state index is 0.117. The second kappa shape index (κ2) is 6.83. The highest BCUT2D eigenvalue weighted by Gasteiger charge is 2.24. The molecule has 2 aromatic carbocycles. The second-order valence-corrected chi connectivity index (χ2v) is 5.85. The quantitative estimate of drug-likeness (QED) is 0.916. The lowest BCUT2D eigenvalue weighted by Gasteiger charge is -2.21. The van der Waals surface area contributed by atoms with Crippen LogP contribution in [0.15, 0.2) is 48.5 Å². The van der Waals surface area contributed by atoms with Crippen molar-refractivity contribution in [2.75, 3.05) is 11.4 Å². The maximum Gasteiger partial charge on any atom is 0.258 e. The molecule has 0 bridgehead atoms. The Balaban J connectivity index is 1.76. The molecule has 2 amide bonds. The Bertz CT molecular complexity index is 754. The summed E-state index contributed by atoms with van der Waals surface area (Å²) < 4.78 is 13.4. The van der Waals surface area contributed by atoms with E-state index in [0.717, 1.165) is 12.8 Å². The van der Waals surface area contributed by atoms with Crippen LogP contribution in [0, 0.1) is 5.82 Å². The molecule has 124 valence electrons. The van der Waals surface area contributed by atoms with Crippen LogP contribution in [0.4, 0.5) is 10.1 Å². The van der Waals surface area contributed by atoms with Gasteiger partial charge in [-0.05, 0) is 62.2 Å². The van der Waals surface area contributed by atoms with Gasteiger partial charge in [-0.1, -0.05) is 6.07 Å². The highest BCUT2D eigenvalue weighted by Crippen LogP contribution is 2.20. The zero-order valence-electron chi connectivity index (χ0n) is 13.5. The number of nitrogens with one attached hydrogen (secondary N) is 1. The minimum atomic E-state index is -0.383. The number of carbonyl (C=O) groups is 2. The van der Waals surface area contributed by atoms with Crippen molar-refractivity contribution in [1.29, 1.82) is 0 Å². The number of carbonyl (C=O) groups excluding carboxylic acids is 2. The summed E-state index contributed by atoms with van der Waals surface area (Å²) >= 11 is 0.